The second-order valence-electron chi connectivity index (χ2n) is 12.0. The van der Waals surface area contributed by atoms with Crippen molar-refractivity contribution in [2.75, 3.05) is 4.90 Å². The van der Waals surface area contributed by atoms with E-state index in [-0.39, 0.29) is 17.1 Å². The highest BCUT2D eigenvalue weighted by molar-refractivity contribution is 7.24. The molecule has 1 aliphatic carbocycles. The second kappa shape index (κ2) is 9.44. The molecule has 46 heavy (non-hydrogen) atoms. The van der Waals surface area contributed by atoms with Crippen molar-refractivity contribution in [3.8, 4) is 11.1 Å². The van der Waals surface area contributed by atoms with E-state index in [2.05, 4.69) is 108 Å². The highest BCUT2D eigenvalue weighted by Crippen LogP contribution is 2.44. The van der Waals surface area contributed by atoms with Gasteiger partial charge in [-0.2, -0.15) is 0 Å². The monoisotopic (exact) mass is 641 g/mol. The summed E-state index contributed by atoms with van der Waals surface area (Å²) in [6.45, 7) is 0. The zero-order valence-electron chi connectivity index (χ0n) is 24.4. The van der Waals surface area contributed by atoms with E-state index in [9.17, 15) is 9.59 Å². The van der Waals surface area contributed by atoms with Crippen LogP contribution in [-0.4, -0.2) is 19.6 Å². The summed E-state index contributed by atoms with van der Waals surface area (Å²) < 4.78 is 1.02. The average Bonchev–Trinajstić information content (AvgIpc) is 3.87. The molecule has 0 amide bonds. The van der Waals surface area contributed by atoms with Crippen LogP contribution in [0.15, 0.2) is 138 Å². The Bertz CT molecular complexity index is 2360. The summed E-state index contributed by atoms with van der Waals surface area (Å²) >= 11 is 3.19. The summed E-state index contributed by atoms with van der Waals surface area (Å²) in [5, 5.41) is 9.65. The van der Waals surface area contributed by atoms with Crippen molar-refractivity contribution in [2.45, 2.75) is 0 Å². The number of hydrogen-bond acceptors (Lipinski definition) is 5. The van der Waals surface area contributed by atoms with E-state index < -0.39 is 8.07 Å². The molecule has 10 rings (SSSR count). The lowest BCUT2D eigenvalue weighted by atomic mass is 10.1. The minimum Gasteiger partial charge on any atom is -0.302 e. The number of benzene rings is 5. The van der Waals surface area contributed by atoms with Gasteiger partial charge in [0.2, 0.25) is 0 Å². The summed E-state index contributed by atoms with van der Waals surface area (Å²) in [6, 6.07) is 45.5. The molecule has 2 aromatic heterocycles. The third-order valence-corrected chi connectivity index (χ3v) is 16.6. The normalized spacial score (nSPS) is 16.1. The molecule has 0 radical (unpaired) electrons. The van der Waals surface area contributed by atoms with Gasteiger partial charge in [0.15, 0.2) is 19.6 Å². The van der Waals surface area contributed by atoms with Crippen molar-refractivity contribution < 1.29 is 9.59 Å². The fourth-order valence-electron chi connectivity index (χ4n) is 7.89. The van der Waals surface area contributed by atoms with Gasteiger partial charge in [-0.1, -0.05) is 84.9 Å². The van der Waals surface area contributed by atoms with Crippen molar-refractivity contribution in [1.29, 1.82) is 0 Å². The molecule has 0 atom stereocenters. The van der Waals surface area contributed by atoms with Gasteiger partial charge in [0.1, 0.15) is 5.00 Å². The zero-order valence-corrected chi connectivity index (χ0v) is 27.0. The van der Waals surface area contributed by atoms with Crippen LogP contribution in [0.5, 0.6) is 0 Å². The maximum absolute atomic E-state index is 13.5. The van der Waals surface area contributed by atoms with Crippen LogP contribution in [0.1, 0.15) is 25.6 Å². The molecule has 0 saturated carbocycles. The molecule has 216 valence electrons. The minimum absolute atomic E-state index is 0.189. The van der Waals surface area contributed by atoms with Gasteiger partial charge < -0.3 is 4.90 Å². The lowest BCUT2D eigenvalue weighted by Gasteiger charge is -2.43. The van der Waals surface area contributed by atoms with Gasteiger partial charge in [0.25, 0.3) is 0 Å². The number of Topliss-reactive ketones (excluding diaryl/α,β-unsaturated/α-hetero) is 2. The molecular weight excluding hydrogens is 619 g/mol. The topological polar surface area (TPSA) is 37.4 Å². The Kier molecular flexibility index (Phi) is 5.36. The van der Waals surface area contributed by atoms with Gasteiger partial charge in [0.05, 0.1) is 5.57 Å². The summed E-state index contributed by atoms with van der Waals surface area (Å²) in [4.78, 5) is 30.2. The number of para-hydroxylation sites is 2. The minimum atomic E-state index is -2.61. The van der Waals surface area contributed by atoms with Gasteiger partial charge >= 0.3 is 0 Å². The highest BCUT2D eigenvalue weighted by atomic mass is 32.1. The van der Waals surface area contributed by atoms with E-state index in [4.69, 9.17) is 0 Å². The maximum atomic E-state index is 13.5. The molecule has 0 fully saturated rings. The fourth-order valence-corrected chi connectivity index (χ4v) is 15.2. The summed E-state index contributed by atoms with van der Waals surface area (Å²) in [5.41, 5.74) is 6.28. The molecule has 0 bridgehead atoms. The number of allylic oxidation sites excluding steroid dienone is 1. The third kappa shape index (κ3) is 3.30. The number of carbonyl (C=O) groups is 2. The molecule has 0 unspecified atom stereocenters. The van der Waals surface area contributed by atoms with Crippen LogP contribution in [0, 0.1) is 0 Å². The van der Waals surface area contributed by atoms with E-state index >= 15 is 0 Å². The highest BCUT2D eigenvalue weighted by Gasteiger charge is 2.53. The number of fused-ring (bicyclic) bond motifs is 11. The molecule has 1 spiro atoms. The Morgan fingerprint density at radius 3 is 1.78 bits per heavy atom. The number of carbonyl (C=O) groups excluding carboxylic acids is 2. The summed E-state index contributed by atoms with van der Waals surface area (Å²) in [5.74, 6) is -0.381. The first-order chi connectivity index (χ1) is 22.6. The first kappa shape index (κ1) is 26.1. The number of hydrogen-bond donors (Lipinski definition) is 0. The smallest absolute Gasteiger partial charge is 0.197 e. The van der Waals surface area contributed by atoms with Crippen molar-refractivity contribution in [3.63, 3.8) is 0 Å². The Morgan fingerprint density at radius 2 is 1.13 bits per heavy atom. The van der Waals surface area contributed by atoms with Crippen molar-refractivity contribution in [1.82, 2.24) is 0 Å². The molecule has 3 aliphatic rings. The molecule has 6 heteroatoms. The summed E-state index contributed by atoms with van der Waals surface area (Å²) in [6.07, 6.45) is 1.79. The van der Waals surface area contributed by atoms with Gasteiger partial charge in [-0.3, -0.25) is 9.59 Å². The van der Waals surface area contributed by atoms with Gasteiger partial charge in [-0.25, -0.2) is 0 Å². The Labute approximate surface area is 274 Å². The molecular formula is C40H23NO2S2Si. The number of rotatable bonds is 2. The second-order valence-corrected chi connectivity index (χ2v) is 17.7. The van der Waals surface area contributed by atoms with Crippen molar-refractivity contribution in [3.05, 3.63) is 154 Å². The lowest BCUT2D eigenvalue weighted by molar-refractivity contribution is 0.0990. The van der Waals surface area contributed by atoms with Gasteiger partial charge in [-0.15, -0.1) is 22.7 Å². The average molecular weight is 642 g/mol. The molecule has 4 heterocycles. The molecule has 2 aliphatic heterocycles. The van der Waals surface area contributed by atoms with Gasteiger partial charge in [-0.05, 0) is 91.2 Å². The molecule has 3 nitrogen and oxygen atoms in total. The predicted molar refractivity (Wildman–Crippen MR) is 194 cm³/mol. The van der Waals surface area contributed by atoms with Crippen LogP contribution >= 0.6 is 22.7 Å². The third-order valence-electron chi connectivity index (χ3n) is 9.74. The largest absolute Gasteiger partial charge is 0.302 e. The zero-order chi connectivity index (χ0) is 30.6. The SMILES string of the molecule is O=C1/C(=C\c2ccc(N3c4ccccc4[Si]4(c5ccccc5-c5ccccc54)c4ccccc43)s2)C(=O)c2cc3sccc3cc21. The van der Waals surface area contributed by atoms with Crippen LogP contribution in [0.25, 0.3) is 27.3 Å². The number of nitrogens with zero attached hydrogens (tertiary/aromatic N) is 1. The van der Waals surface area contributed by atoms with Crippen LogP contribution in [0.4, 0.5) is 16.4 Å². The van der Waals surface area contributed by atoms with Gasteiger partial charge in [0, 0.05) is 32.1 Å². The van der Waals surface area contributed by atoms with E-state index in [1.165, 1.54) is 43.2 Å². The van der Waals surface area contributed by atoms with E-state index in [0.717, 1.165) is 20.0 Å². The Balaban J connectivity index is 1.14. The van der Waals surface area contributed by atoms with E-state index in [0.29, 0.717) is 11.1 Å². The molecule has 0 N–H and O–H groups in total. The predicted octanol–water partition coefficient (Wildman–Crippen LogP) is 7.57. The number of ketones is 2. The Hall–Kier alpha value is -5.14. The molecule has 0 saturated heterocycles. The first-order valence-electron chi connectivity index (χ1n) is 15.3. The van der Waals surface area contributed by atoms with Crippen LogP contribution < -0.4 is 25.6 Å². The maximum Gasteiger partial charge on any atom is 0.197 e. The molecule has 7 aromatic rings. The molecule has 5 aromatic carbocycles. The number of anilines is 3. The first-order valence-corrected chi connectivity index (χ1v) is 18.9. The summed E-state index contributed by atoms with van der Waals surface area (Å²) in [7, 11) is -2.61. The standard InChI is InChI=1S/C40H23NO2S2Si/c42-39-28-21-24-19-20-44-33(24)23-29(28)40(43)30(39)22-25-17-18-38(45-25)41-31-11-3-7-15-36(31)46(37-16-8-4-12-32(37)41)34-13-5-1-9-26(34)27-10-2-6-14-35(27)46/h1-23H/b30-22+. The van der Waals surface area contributed by atoms with E-state index in [1.54, 1.807) is 28.7 Å². The van der Waals surface area contributed by atoms with Crippen molar-refractivity contribution >= 4 is 95.6 Å². The van der Waals surface area contributed by atoms with E-state index in [1.807, 2.05) is 29.6 Å². The number of thiophene rings is 2. The van der Waals surface area contributed by atoms with Crippen LogP contribution in [0.2, 0.25) is 0 Å². The quantitative estimate of drug-likeness (QED) is 0.111. The van der Waals surface area contributed by atoms with Crippen LogP contribution in [0.3, 0.4) is 0 Å². The Morgan fingerprint density at radius 1 is 0.565 bits per heavy atom. The fraction of sp³-hybridized carbons (Fsp3) is 0. The van der Waals surface area contributed by atoms with Crippen molar-refractivity contribution in [2.24, 2.45) is 0 Å². The lowest BCUT2D eigenvalue weighted by Crippen LogP contribution is -2.75. The van der Waals surface area contributed by atoms with Crippen LogP contribution in [-0.2, 0) is 0 Å².